The maximum atomic E-state index is 13.2. The lowest BCUT2D eigenvalue weighted by Crippen LogP contribution is -2.43. The Bertz CT molecular complexity index is 417. The topological polar surface area (TPSA) is 41.1 Å². The van der Waals surface area contributed by atoms with Crippen molar-refractivity contribution in [2.75, 3.05) is 7.05 Å². The van der Waals surface area contributed by atoms with Gasteiger partial charge in [0.25, 0.3) is 0 Å². The fourth-order valence-corrected chi connectivity index (χ4v) is 2.13. The first kappa shape index (κ1) is 15.9. The number of carbonyl (C=O) groups excluding carboxylic acids is 1. The smallest absolute Gasteiger partial charge is 0.236 e. The maximum Gasteiger partial charge on any atom is 0.236 e. The van der Waals surface area contributed by atoms with Gasteiger partial charge >= 0.3 is 0 Å². The Morgan fingerprint density at radius 3 is 2.58 bits per heavy atom. The van der Waals surface area contributed by atoms with Crippen molar-refractivity contribution >= 4 is 17.5 Å². The van der Waals surface area contributed by atoms with Gasteiger partial charge in [0.05, 0.1) is 6.04 Å². The molecule has 0 bridgehead atoms. The van der Waals surface area contributed by atoms with Gasteiger partial charge in [-0.1, -0.05) is 25.4 Å². The van der Waals surface area contributed by atoms with Gasteiger partial charge in [-0.05, 0) is 36.1 Å². The number of amides is 1. The molecule has 3 nitrogen and oxygen atoms in total. The Kier molecular flexibility index (Phi) is 6.25. The van der Waals surface area contributed by atoms with Crippen LogP contribution in [-0.4, -0.2) is 19.0 Å². The van der Waals surface area contributed by atoms with Crippen molar-refractivity contribution in [1.29, 1.82) is 0 Å². The molecule has 1 rings (SSSR count). The van der Waals surface area contributed by atoms with E-state index < -0.39 is 0 Å². The van der Waals surface area contributed by atoms with Gasteiger partial charge in [0.1, 0.15) is 5.82 Å². The van der Waals surface area contributed by atoms with E-state index in [2.05, 4.69) is 24.5 Å². The van der Waals surface area contributed by atoms with Crippen LogP contribution in [0.15, 0.2) is 18.2 Å². The number of halogens is 2. The molecule has 1 unspecified atom stereocenters. The quantitative estimate of drug-likeness (QED) is 0.844. The number of nitrogens with one attached hydrogen (secondary N) is 2. The molecule has 1 aromatic rings. The summed E-state index contributed by atoms with van der Waals surface area (Å²) in [4.78, 5) is 11.7. The highest BCUT2D eigenvalue weighted by molar-refractivity contribution is 6.30. The molecule has 5 heteroatoms. The van der Waals surface area contributed by atoms with Crippen molar-refractivity contribution in [2.24, 2.45) is 5.92 Å². The predicted octanol–water partition coefficient (Wildman–Crippen LogP) is 2.73. The average molecular weight is 287 g/mol. The zero-order valence-corrected chi connectivity index (χ0v) is 12.2. The summed E-state index contributed by atoms with van der Waals surface area (Å²) in [7, 11) is 1.61. The molecule has 1 atom stereocenters. The number of rotatable bonds is 6. The third kappa shape index (κ3) is 5.57. The molecule has 0 fully saturated rings. The lowest BCUT2D eigenvalue weighted by atomic mass is 10.0. The van der Waals surface area contributed by atoms with Gasteiger partial charge in [0.15, 0.2) is 0 Å². The molecule has 0 spiro atoms. The van der Waals surface area contributed by atoms with Crippen molar-refractivity contribution in [2.45, 2.75) is 32.9 Å². The second-order valence-corrected chi connectivity index (χ2v) is 5.39. The number of carbonyl (C=O) groups is 1. The molecule has 0 radical (unpaired) electrons. The van der Waals surface area contributed by atoms with Crippen LogP contribution in [0.25, 0.3) is 0 Å². The van der Waals surface area contributed by atoms with Crippen molar-refractivity contribution in [1.82, 2.24) is 10.6 Å². The highest BCUT2D eigenvalue weighted by Crippen LogP contribution is 2.14. The summed E-state index contributed by atoms with van der Waals surface area (Å²) >= 11 is 5.79. The van der Waals surface area contributed by atoms with E-state index in [0.29, 0.717) is 17.5 Å². The minimum absolute atomic E-state index is 0.0591. The van der Waals surface area contributed by atoms with Crippen LogP contribution in [0, 0.1) is 11.7 Å². The molecule has 106 valence electrons. The largest absolute Gasteiger partial charge is 0.358 e. The summed E-state index contributed by atoms with van der Waals surface area (Å²) in [6.07, 6.45) is 0.725. The van der Waals surface area contributed by atoms with Crippen LogP contribution in [0.1, 0.15) is 25.8 Å². The number of hydrogen-bond donors (Lipinski definition) is 2. The molecule has 1 aromatic carbocycles. The first-order valence-electron chi connectivity index (χ1n) is 6.32. The van der Waals surface area contributed by atoms with Gasteiger partial charge in [-0.25, -0.2) is 4.39 Å². The minimum atomic E-state index is -0.371. The fraction of sp³-hybridized carbons (Fsp3) is 0.500. The molecular formula is C14H20ClFN2O. The number of likely N-dealkylation sites (N-methyl/N-ethyl adjacent to an activating group) is 1. The van der Waals surface area contributed by atoms with E-state index in [0.717, 1.165) is 12.0 Å². The van der Waals surface area contributed by atoms with Crippen molar-refractivity contribution in [3.8, 4) is 0 Å². The van der Waals surface area contributed by atoms with Gasteiger partial charge in [-0.2, -0.15) is 0 Å². The van der Waals surface area contributed by atoms with Crippen LogP contribution in [0.2, 0.25) is 5.02 Å². The molecule has 1 amide bonds. The Hall–Kier alpha value is -1.13. The predicted molar refractivity (Wildman–Crippen MR) is 75.6 cm³/mol. The molecule has 0 aromatic heterocycles. The molecule has 0 saturated heterocycles. The van der Waals surface area contributed by atoms with Crippen LogP contribution in [0.4, 0.5) is 4.39 Å². The molecule has 0 saturated carbocycles. The fourth-order valence-electron chi connectivity index (χ4n) is 1.88. The molecular weight excluding hydrogens is 267 g/mol. The average Bonchev–Trinajstić information content (AvgIpc) is 2.31. The Labute approximate surface area is 118 Å². The van der Waals surface area contributed by atoms with Crippen molar-refractivity contribution < 1.29 is 9.18 Å². The van der Waals surface area contributed by atoms with Crippen LogP contribution in [-0.2, 0) is 11.3 Å². The van der Waals surface area contributed by atoms with Crippen LogP contribution >= 0.6 is 11.6 Å². The van der Waals surface area contributed by atoms with E-state index in [1.807, 2.05) is 0 Å². The Balaban J connectivity index is 2.67. The summed E-state index contributed by atoms with van der Waals surface area (Å²) in [5, 5.41) is 6.12. The van der Waals surface area contributed by atoms with Gasteiger partial charge in [-0.3, -0.25) is 4.79 Å². The SMILES string of the molecule is CNC(=O)C(CC(C)C)NCc1cc(F)cc(Cl)c1. The van der Waals surface area contributed by atoms with E-state index in [1.165, 1.54) is 12.1 Å². The lowest BCUT2D eigenvalue weighted by Gasteiger charge is -2.19. The van der Waals surface area contributed by atoms with Crippen LogP contribution in [0.3, 0.4) is 0 Å². The van der Waals surface area contributed by atoms with Crippen LogP contribution < -0.4 is 10.6 Å². The van der Waals surface area contributed by atoms with E-state index in [4.69, 9.17) is 11.6 Å². The number of benzene rings is 1. The van der Waals surface area contributed by atoms with E-state index in [-0.39, 0.29) is 17.8 Å². The first-order valence-corrected chi connectivity index (χ1v) is 6.70. The standard InChI is InChI=1S/C14H20ClFN2O/c1-9(2)4-13(14(19)17-3)18-8-10-5-11(15)7-12(16)6-10/h5-7,9,13,18H,4,8H2,1-3H3,(H,17,19). The lowest BCUT2D eigenvalue weighted by molar-refractivity contribution is -0.123. The Morgan fingerprint density at radius 1 is 1.37 bits per heavy atom. The third-order valence-corrected chi connectivity index (χ3v) is 2.96. The Morgan fingerprint density at radius 2 is 2.05 bits per heavy atom. The van der Waals surface area contributed by atoms with E-state index in [9.17, 15) is 9.18 Å². The highest BCUT2D eigenvalue weighted by Gasteiger charge is 2.17. The van der Waals surface area contributed by atoms with Gasteiger partial charge in [0.2, 0.25) is 5.91 Å². The van der Waals surface area contributed by atoms with Gasteiger partial charge < -0.3 is 10.6 Å². The summed E-state index contributed by atoms with van der Waals surface area (Å²) in [5.41, 5.74) is 0.725. The summed E-state index contributed by atoms with van der Waals surface area (Å²) < 4.78 is 13.2. The zero-order valence-electron chi connectivity index (χ0n) is 11.5. The van der Waals surface area contributed by atoms with Gasteiger partial charge in [0, 0.05) is 18.6 Å². The molecule has 2 N–H and O–H groups in total. The molecule has 0 heterocycles. The van der Waals surface area contributed by atoms with E-state index >= 15 is 0 Å². The minimum Gasteiger partial charge on any atom is -0.358 e. The first-order chi connectivity index (χ1) is 8.92. The maximum absolute atomic E-state index is 13.2. The summed E-state index contributed by atoms with van der Waals surface area (Å²) in [6, 6.07) is 4.07. The highest BCUT2D eigenvalue weighted by atomic mass is 35.5. The second-order valence-electron chi connectivity index (χ2n) is 4.95. The van der Waals surface area contributed by atoms with Crippen LogP contribution in [0.5, 0.6) is 0 Å². The van der Waals surface area contributed by atoms with Crippen molar-refractivity contribution in [3.05, 3.63) is 34.6 Å². The molecule has 0 aliphatic rings. The monoisotopic (exact) mass is 286 g/mol. The zero-order chi connectivity index (χ0) is 14.4. The molecule has 0 aliphatic heterocycles. The van der Waals surface area contributed by atoms with Crippen molar-refractivity contribution in [3.63, 3.8) is 0 Å². The van der Waals surface area contributed by atoms with E-state index in [1.54, 1.807) is 13.1 Å². The number of hydrogen-bond acceptors (Lipinski definition) is 2. The second kappa shape index (κ2) is 7.46. The molecule has 19 heavy (non-hydrogen) atoms. The molecule has 0 aliphatic carbocycles. The third-order valence-electron chi connectivity index (χ3n) is 2.74. The summed E-state index contributed by atoms with van der Waals surface area (Å²) in [5.74, 6) is -0.0354. The summed E-state index contributed by atoms with van der Waals surface area (Å²) in [6.45, 7) is 4.51. The van der Waals surface area contributed by atoms with Gasteiger partial charge in [-0.15, -0.1) is 0 Å². The normalized spacial score (nSPS) is 12.5.